The Hall–Kier alpha value is -1.06. The second-order valence-corrected chi connectivity index (χ2v) is 6.56. The second kappa shape index (κ2) is 5.29. The van der Waals surface area contributed by atoms with Crippen molar-refractivity contribution in [3.8, 4) is 0 Å². The highest BCUT2D eigenvalue weighted by Gasteiger charge is 2.41. The fraction of sp³-hybridized carbons (Fsp3) is 0.857. The highest BCUT2D eigenvalue weighted by molar-refractivity contribution is 5.82. The maximum Gasteiger partial charge on any atom is 0.408 e. The Labute approximate surface area is 109 Å². The number of alkyl carbamates (subject to hydrolysis) is 1. The maximum atomic E-state index is 11.8. The van der Waals surface area contributed by atoms with Gasteiger partial charge in [0.1, 0.15) is 11.4 Å². The Kier molecular flexibility index (Phi) is 4.41. The molecule has 0 aromatic rings. The normalized spacial score (nSPS) is 18.1. The number of rotatable bonds is 4. The van der Waals surface area contributed by atoms with Gasteiger partial charge in [0.15, 0.2) is 0 Å². The minimum atomic E-state index is -0.503. The van der Waals surface area contributed by atoms with Crippen LogP contribution >= 0.6 is 0 Å². The number of hydrogen-bond donors (Lipinski definition) is 1. The molecule has 0 aliphatic heterocycles. The third-order valence-corrected chi connectivity index (χ3v) is 3.23. The van der Waals surface area contributed by atoms with Crippen LogP contribution in [0.1, 0.15) is 60.3 Å². The zero-order valence-electron chi connectivity index (χ0n) is 12.1. The molecule has 0 radical (unpaired) electrons. The van der Waals surface area contributed by atoms with Gasteiger partial charge in [-0.3, -0.25) is 4.79 Å². The number of carbonyl (C=O) groups is 2. The van der Waals surface area contributed by atoms with E-state index in [1.54, 1.807) is 0 Å². The van der Waals surface area contributed by atoms with Gasteiger partial charge in [-0.1, -0.05) is 13.8 Å². The molecule has 1 rings (SSSR count). The molecular formula is C14H25NO3. The minimum Gasteiger partial charge on any atom is -0.444 e. The van der Waals surface area contributed by atoms with Gasteiger partial charge in [-0.2, -0.15) is 0 Å². The molecule has 0 bridgehead atoms. The van der Waals surface area contributed by atoms with E-state index in [0.29, 0.717) is 6.42 Å². The summed E-state index contributed by atoms with van der Waals surface area (Å²) in [6.07, 6.45) is 2.79. The molecular weight excluding hydrogens is 230 g/mol. The zero-order valence-corrected chi connectivity index (χ0v) is 12.1. The SMILES string of the molecule is CC(C)C(=O)CC1(NC(=O)OC(C)(C)C)CCC1. The predicted octanol–water partition coefficient (Wildman–Crippen LogP) is 3.05. The molecule has 0 heterocycles. The van der Waals surface area contributed by atoms with E-state index in [-0.39, 0.29) is 17.2 Å². The summed E-state index contributed by atoms with van der Waals surface area (Å²) in [6, 6.07) is 0. The molecule has 4 heteroatoms. The number of ketones is 1. The highest BCUT2D eigenvalue weighted by atomic mass is 16.6. The van der Waals surface area contributed by atoms with E-state index in [2.05, 4.69) is 5.32 Å². The third kappa shape index (κ3) is 4.31. The van der Waals surface area contributed by atoms with Crippen molar-refractivity contribution in [2.45, 2.75) is 71.4 Å². The summed E-state index contributed by atoms with van der Waals surface area (Å²) >= 11 is 0. The van der Waals surface area contributed by atoms with Gasteiger partial charge in [0.25, 0.3) is 0 Å². The fourth-order valence-electron chi connectivity index (χ4n) is 2.01. The summed E-state index contributed by atoms with van der Waals surface area (Å²) in [5.41, 5.74) is -0.860. The lowest BCUT2D eigenvalue weighted by Gasteiger charge is -2.42. The van der Waals surface area contributed by atoms with Gasteiger partial charge in [-0.05, 0) is 40.0 Å². The van der Waals surface area contributed by atoms with Gasteiger partial charge < -0.3 is 10.1 Å². The predicted molar refractivity (Wildman–Crippen MR) is 70.4 cm³/mol. The number of nitrogens with one attached hydrogen (secondary N) is 1. The Bertz CT molecular complexity index is 324. The average Bonchev–Trinajstić information content (AvgIpc) is 2.10. The molecule has 0 atom stereocenters. The van der Waals surface area contributed by atoms with Gasteiger partial charge in [0.05, 0.1) is 5.54 Å². The van der Waals surface area contributed by atoms with Crippen molar-refractivity contribution in [1.29, 1.82) is 0 Å². The summed E-state index contributed by atoms with van der Waals surface area (Å²) in [7, 11) is 0. The van der Waals surface area contributed by atoms with Crippen LogP contribution in [-0.2, 0) is 9.53 Å². The van der Waals surface area contributed by atoms with Crippen LogP contribution in [0.4, 0.5) is 4.79 Å². The van der Waals surface area contributed by atoms with Crippen LogP contribution in [0.5, 0.6) is 0 Å². The van der Waals surface area contributed by atoms with Crippen molar-refractivity contribution in [2.75, 3.05) is 0 Å². The van der Waals surface area contributed by atoms with Crippen molar-refractivity contribution < 1.29 is 14.3 Å². The largest absolute Gasteiger partial charge is 0.444 e. The molecule has 104 valence electrons. The van der Waals surface area contributed by atoms with Crippen LogP contribution in [0, 0.1) is 5.92 Å². The van der Waals surface area contributed by atoms with Crippen molar-refractivity contribution in [3.63, 3.8) is 0 Å². The molecule has 1 amide bonds. The summed E-state index contributed by atoms with van der Waals surface area (Å²) in [5.74, 6) is 0.216. The van der Waals surface area contributed by atoms with E-state index in [0.717, 1.165) is 19.3 Å². The quantitative estimate of drug-likeness (QED) is 0.840. The Morgan fingerprint density at radius 1 is 1.28 bits per heavy atom. The van der Waals surface area contributed by atoms with Crippen molar-refractivity contribution in [2.24, 2.45) is 5.92 Å². The second-order valence-electron chi connectivity index (χ2n) is 6.56. The van der Waals surface area contributed by atoms with Gasteiger partial charge in [0, 0.05) is 12.3 Å². The van der Waals surface area contributed by atoms with Crippen LogP contribution in [0.2, 0.25) is 0 Å². The maximum absolute atomic E-state index is 11.8. The van der Waals surface area contributed by atoms with E-state index in [4.69, 9.17) is 4.74 Å². The highest BCUT2D eigenvalue weighted by Crippen LogP contribution is 2.36. The van der Waals surface area contributed by atoms with E-state index >= 15 is 0 Å². The summed E-state index contributed by atoms with van der Waals surface area (Å²) in [4.78, 5) is 23.6. The lowest BCUT2D eigenvalue weighted by atomic mass is 9.72. The van der Waals surface area contributed by atoms with Crippen LogP contribution in [0.3, 0.4) is 0 Å². The minimum absolute atomic E-state index is 0.0166. The Morgan fingerprint density at radius 2 is 1.83 bits per heavy atom. The molecule has 1 saturated carbocycles. The fourth-order valence-corrected chi connectivity index (χ4v) is 2.01. The molecule has 1 N–H and O–H groups in total. The zero-order chi connectivity index (χ0) is 14.0. The van der Waals surface area contributed by atoms with Gasteiger partial charge in [-0.25, -0.2) is 4.79 Å². The monoisotopic (exact) mass is 255 g/mol. The van der Waals surface area contributed by atoms with Crippen LogP contribution in [-0.4, -0.2) is 23.0 Å². The summed E-state index contributed by atoms with van der Waals surface area (Å²) in [5, 5.41) is 2.89. The van der Waals surface area contributed by atoms with E-state index in [9.17, 15) is 9.59 Å². The average molecular weight is 255 g/mol. The molecule has 18 heavy (non-hydrogen) atoms. The van der Waals surface area contributed by atoms with Crippen LogP contribution < -0.4 is 5.32 Å². The Balaban J connectivity index is 2.56. The molecule has 4 nitrogen and oxygen atoms in total. The lowest BCUT2D eigenvalue weighted by Crippen LogP contribution is -2.55. The van der Waals surface area contributed by atoms with Crippen LogP contribution in [0.25, 0.3) is 0 Å². The third-order valence-electron chi connectivity index (χ3n) is 3.23. The smallest absolute Gasteiger partial charge is 0.408 e. The molecule has 1 fully saturated rings. The number of ether oxygens (including phenoxy) is 1. The first-order chi connectivity index (χ1) is 8.14. The first kappa shape index (κ1) is 15.0. The lowest BCUT2D eigenvalue weighted by molar-refractivity contribution is -0.124. The number of amides is 1. The number of carbonyl (C=O) groups excluding carboxylic acids is 2. The van der Waals surface area contributed by atoms with E-state index < -0.39 is 11.7 Å². The van der Waals surface area contributed by atoms with E-state index in [1.807, 2.05) is 34.6 Å². The van der Waals surface area contributed by atoms with Crippen LogP contribution in [0.15, 0.2) is 0 Å². The molecule has 0 saturated heterocycles. The molecule has 1 aliphatic carbocycles. The standard InChI is InChI=1S/C14H25NO3/c1-10(2)11(16)9-14(7-6-8-14)15-12(17)18-13(3,4)5/h10H,6-9H2,1-5H3,(H,15,17). The molecule has 0 unspecified atom stereocenters. The first-order valence-electron chi connectivity index (χ1n) is 6.67. The summed E-state index contributed by atoms with van der Waals surface area (Å²) < 4.78 is 5.25. The number of Topliss-reactive ketones (excluding diaryl/α,β-unsaturated/α-hetero) is 1. The first-order valence-corrected chi connectivity index (χ1v) is 6.67. The molecule has 1 aliphatic rings. The molecule has 0 spiro atoms. The van der Waals surface area contributed by atoms with Crippen molar-refractivity contribution >= 4 is 11.9 Å². The molecule has 0 aromatic carbocycles. The Morgan fingerprint density at radius 3 is 2.17 bits per heavy atom. The molecule has 0 aromatic heterocycles. The summed E-state index contributed by atoms with van der Waals surface area (Å²) in [6.45, 7) is 9.28. The van der Waals surface area contributed by atoms with Gasteiger partial charge in [0.2, 0.25) is 0 Å². The van der Waals surface area contributed by atoms with Crippen molar-refractivity contribution in [1.82, 2.24) is 5.32 Å². The van der Waals surface area contributed by atoms with Gasteiger partial charge in [-0.15, -0.1) is 0 Å². The van der Waals surface area contributed by atoms with E-state index in [1.165, 1.54) is 0 Å². The van der Waals surface area contributed by atoms with Gasteiger partial charge >= 0.3 is 6.09 Å². The topological polar surface area (TPSA) is 55.4 Å². The van der Waals surface area contributed by atoms with Crippen molar-refractivity contribution in [3.05, 3.63) is 0 Å². The number of hydrogen-bond acceptors (Lipinski definition) is 3.